The Morgan fingerprint density at radius 1 is 1.14 bits per heavy atom. The van der Waals surface area contributed by atoms with E-state index in [4.69, 9.17) is 4.42 Å². The van der Waals surface area contributed by atoms with Crippen LogP contribution < -0.4 is 4.90 Å². The van der Waals surface area contributed by atoms with Gasteiger partial charge < -0.3 is 14.2 Å². The number of piperazine rings is 1. The number of furan rings is 1. The third-order valence-corrected chi connectivity index (χ3v) is 4.04. The minimum Gasteiger partial charge on any atom is -0.472 e. The first kappa shape index (κ1) is 12.4. The molecule has 6 heteroatoms. The predicted octanol–water partition coefficient (Wildman–Crippen LogP) is 1.74. The molecule has 1 fully saturated rings. The van der Waals surface area contributed by atoms with Crippen molar-refractivity contribution < 1.29 is 4.42 Å². The van der Waals surface area contributed by atoms with Crippen LogP contribution in [-0.4, -0.2) is 52.7 Å². The van der Waals surface area contributed by atoms with Gasteiger partial charge in [-0.05, 0) is 19.2 Å². The summed E-state index contributed by atoms with van der Waals surface area (Å²) in [6, 6.07) is 3.96. The van der Waals surface area contributed by atoms with E-state index in [1.165, 1.54) is 0 Å². The van der Waals surface area contributed by atoms with Crippen molar-refractivity contribution in [3.8, 4) is 11.1 Å². The van der Waals surface area contributed by atoms with Crippen molar-refractivity contribution >= 4 is 11.5 Å². The largest absolute Gasteiger partial charge is 0.472 e. The number of nitrogens with zero attached hydrogens (tertiary/aromatic N) is 5. The molecule has 1 aliphatic rings. The normalized spacial score (nSPS) is 16.7. The van der Waals surface area contributed by atoms with E-state index < -0.39 is 0 Å². The Bertz CT molecular complexity index is 741. The monoisotopic (exact) mass is 283 g/mol. The van der Waals surface area contributed by atoms with E-state index in [-0.39, 0.29) is 0 Å². The molecule has 0 N–H and O–H groups in total. The number of aromatic nitrogens is 3. The Morgan fingerprint density at radius 3 is 2.76 bits per heavy atom. The van der Waals surface area contributed by atoms with E-state index in [0.29, 0.717) is 0 Å². The summed E-state index contributed by atoms with van der Waals surface area (Å²) in [6.07, 6.45) is 7.10. The maximum atomic E-state index is 5.16. The molecule has 21 heavy (non-hydrogen) atoms. The van der Waals surface area contributed by atoms with Gasteiger partial charge >= 0.3 is 0 Å². The van der Waals surface area contributed by atoms with Crippen molar-refractivity contribution in [3.05, 3.63) is 37.1 Å². The first-order valence-corrected chi connectivity index (χ1v) is 7.12. The molecular weight excluding hydrogens is 266 g/mol. The molecule has 0 atom stereocenters. The van der Waals surface area contributed by atoms with E-state index in [1.54, 1.807) is 12.5 Å². The zero-order chi connectivity index (χ0) is 14.2. The molecule has 108 valence electrons. The smallest absolute Gasteiger partial charge is 0.165 e. The molecule has 1 saturated heterocycles. The molecule has 4 heterocycles. The molecule has 0 bridgehead atoms. The van der Waals surface area contributed by atoms with E-state index in [9.17, 15) is 0 Å². The van der Waals surface area contributed by atoms with Crippen LogP contribution in [0.2, 0.25) is 0 Å². The second-order valence-corrected chi connectivity index (χ2v) is 5.40. The van der Waals surface area contributed by atoms with E-state index in [1.807, 2.05) is 29.0 Å². The van der Waals surface area contributed by atoms with Crippen LogP contribution in [0.3, 0.4) is 0 Å². The molecule has 4 rings (SSSR count). The first-order valence-electron chi connectivity index (χ1n) is 7.12. The molecule has 0 unspecified atom stereocenters. The zero-order valence-corrected chi connectivity index (χ0v) is 11.9. The minimum atomic E-state index is 0.868. The zero-order valence-electron chi connectivity index (χ0n) is 11.9. The Balaban J connectivity index is 1.77. The topological polar surface area (TPSA) is 49.8 Å². The van der Waals surface area contributed by atoms with Crippen LogP contribution in [0.25, 0.3) is 16.8 Å². The second kappa shape index (κ2) is 4.89. The number of hydrogen-bond acceptors (Lipinski definition) is 5. The second-order valence-electron chi connectivity index (χ2n) is 5.40. The summed E-state index contributed by atoms with van der Waals surface area (Å²) in [4.78, 5) is 9.19. The number of hydrogen-bond donors (Lipinski definition) is 0. The Kier molecular flexibility index (Phi) is 2.89. The molecular formula is C15H17N5O. The molecule has 0 saturated carbocycles. The van der Waals surface area contributed by atoms with Crippen LogP contribution >= 0.6 is 0 Å². The Morgan fingerprint density at radius 2 is 2.00 bits per heavy atom. The highest BCUT2D eigenvalue weighted by Crippen LogP contribution is 2.26. The lowest BCUT2D eigenvalue weighted by Crippen LogP contribution is -2.45. The summed E-state index contributed by atoms with van der Waals surface area (Å²) in [5.74, 6) is 1.10. The van der Waals surface area contributed by atoms with Crippen molar-refractivity contribution in [3.63, 3.8) is 0 Å². The van der Waals surface area contributed by atoms with Gasteiger partial charge in [-0.1, -0.05) is 0 Å². The Hall–Kier alpha value is -2.34. The summed E-state index contributed by atoms with van der Waals surface area (Å²) < 4.78 is 7.09. The van der Waals surface area contributed by atoms with Crippen LogP contribution in [0.4, 0.5) is 5.82 Å². The Labute approximate surface area is 122 Å². The lowest BCUT2D eigenvalue weighted by atomic mass is 10.2. The van der Waals surface area contributed by atoms with Gasteiger partial charge in [0.1, 0.15) is 5.82 Å². The van der Waals surface area contributed by atoms with E-state index in [0.717, 1.165) is 48.8 Å². The molecule has 0 aromatic carbocycles. The fourth-order valence-corrected chi connectivity index (χ4v) is 2.78. The predicted molar refractivity (Wildman–Crippen MR) is 80.4 cm³/mol. The molecule has 0 spiro atoms. The highest BCUT2D eigenvalue weighted by molar-refractivity contribution is 5.77. The fourth-order valence-electron chi connectivity index (χ4n) is 2.78. The minimum absolute atomic E-state index is 0.868. The van der Waals surface area contributed by atoms with Crippen molar-refractivity contribution in [2.45, 2.75) is 0 Å². The summed E-state index contributed by atoms with van der Waals surface area (Å²) in [5.41, 5.74) is 2.88. The molecule has 3 aromatic rings. The van der Waals surface area contributed by atoms with Gasteiger partial charge in [-0.2, -0.15) is 9.61 Å². The van der Waals surface area contributed by atoms with Gasteiger partial charge in [-0.3, -0.25) is 0 Å². The molecule has 1 aliphatic heterocycles. The van der Waals surface area contributed by atoms with Crippen molar-refractivity contribution in [1.82, 2.24) is 19.5 Å². The van der Waals surface area contributed by atoms with Crippen LogP contribution in [0, 0.1) is 0 Å². The first-order chi connectivity index (χ1) is 10.3. The van der Waals surface area contributed by atoms with E-state index >= 15 is 0 Å². The highest BCUT2D eigenvalue weighted by Gasteiger charge is 2.18. The van der Waals surface area contributed by atoms with Crippen LogP contribution in [0.15, 0.2) is 41.5 Å². The van der Waals surface area contributed by atoms with Gasteiger partial charge in [-0.15, -0.1) is 0 Å². The molecule has 6 nitrogen and oxygen atoms in total. The van der Waals surface area contributed by atoms with Gasteiger partial charge in [0.25, 0.3) is 0 Å². The summed E-state index contributed by atoms with van der Waals surface area (Å²) >= 11 is 0. The quantitative estimate of drug-likeness (QED) is 0.717. The van der Waals surface area contributed by atoms with Crippen molar-refractivity contribution in [1.29, 1.82) is 0 Å². The van der Waals surface area contributed by atoms with Gasteiger partial charge in [0, 0.05) is 43.5 Å². The number of anilines is 1. The van der Waals surface area contributed by atoms with Crippen LogP contribution in [0.1, 0.15) is 0 Å². The van der Waals surface area contributed by atoms with Gasteiger partial charge in [0.05, 0.1) is 18.7 Å². The maximum Gasteiger partial charge on any atom is 0.165 e. The third-order valence-electron chi connectivity index (χ3n) is 4.04. The molecule has 0 aliphatic carbocycles. The summed E-state index contributed by atoms with van der Waals surface area (Å²) in [6.45, 7) is 4.16. The van der Waals surface area contributed by atoms with Crippen LogP contribution in [-0.2, 0) is 0 Å². The number of likely N-dealkylation sites (N-methyl/N-ethyl adjacent to an activating group) is 1. The number of fused-ring (bicyclic) bond motifs is 1. The van der Waals surface area contributed by atoms with Crippen molar-refractivity contribution in [2.24, 2.45) is 0 Å². The van der Waals surface area contributed by atoms with Crippen molar-refractivity contribution in [2.75, 3.05) is 38.1 Å². The lowest BCUT2D eigenvalue weighted by Gasteiger charge is -2.33. The SMILES string of the molecule is CN1CCN(c2ccnc3c(-c4ccoc4)cnn23)CC1. The number of rotatable bonds is 2. The van der Waals surface area contributed by atoms with Gasteiger partial charge in [0.2, 0.25) is 0 Å². The fraction of sp³-hybridized carbons (Fsp3) is 0.333. The molecule has 0 radical (unpaired) electrons. The third kappa shape index (κ3) is 2.08. The average Bonchev–Trinajstić information content (AvgIpc) is 3.16. The van der Waals surface area contributed by atoms with Crippen LogP contribution in [0.5, 0.6) is 0 Å². The van der Waals surface area contributed by atoms with Gasteiger partial charge in [0.15, 0.2) is 5.65 Å². The summed E-state index contributed by atoms with van der Waals surface area (Å²) in [7, 11) is 2.16. The van der Waals surface area contributed by atoms with Gasteiger partial charge in [-0.25, -0.2) is 4.98 Å². The molecule has 3 aromatic heterocycles. The summed E-state index contributed by atoms with van der Waals surface area (Å²) in [5, 5.41) is 4.53. The lowest BCUT2D eigenvalue weighted by molar-refractivity contribution is 0.311. The average molecular weight is 283 g/mol. The standard InChI is InChI=1S/C15H17N5O/c1-18-5-7-19(8-6-18)14-2-4-16-15-13(10-17-20(14)15)12-3-9-21-11-12/h2-4,9-11H,5-8H2,1H3. The highest BCUT2D eigenvalue weighted by atomic mass is 16.3. The molecule has 0 amide bonds. The van der Waals surface area contributed by atoms with E-state index in [2.05, 4.69) is 26.9 Å². The maximum absolute atomic E-state index is 5.16.